The van der Waals surface area contributed by atoms with Crippen LogP contribution in [-0.4, -0.2) is 49.7 Å². The molecule has 9 heteroatoms. The first-order chi connectivity index (χ1) is 12.7. The molecule has 2 aliphatic rings. The van der Waals surface area contributed by atoms with Gasteiger partial charge in [-0.3, -0.25) is 9.59 Å². The van der Waals surface area contributed by atoms with E-state index in [4.69, 9.17) is 5.73 Å². The molecule has 3 rings (SSSR count). The molecule has 2 fully saturated rings. The molecule has 8 nitrogen and oxygen atoms in total. The lowest BCUT2D eigenvalue weighted by molar-refractivity contribution is -0.123. The predicted octanol–water partition coefficient (Wildman–Crippen LogP) is 0.653. The monoisotopic (exact) mass is 394 g/mol. The number of carbonyl (C=O) groups is 2. The minimum Gasteiger partial charge on any atom is -0.354 e. The van der Waals surface area contributed by atoms with E-state index in [1.807, 2.05) is 6.92 Å². The Labute approximate surface area is 159 Å². The van der Waals surface area contributed by atoms with Gasteiger partial charge in [-0.25, -0.2) is 8.42 Å². The molecule has 148 valence electrons. The summed E-state index contributed by atoms with van der Waals surface area (Å²) < 4.78 is 26.7. The lowest BCUT2D eigenvalue weighted by Gasteiger charge is -2.37. The zero-order chi connectivity index (χ0) is 19.7. The fraction of sp³-hybridized carbons (Fsp3) is 0.556. The Balaban J connectivity index is 1.77. The molecule has 0 bridgehead atoms. The largest absolute Gasteiger partial charge is 0.354 e. The number of anilines is 1. The van der Waals surface area contributed by atoms with Gasteiger partial charge >= 0.3 is 0 Å². The Morgan fingerprint density at radius 1 is 1.37 bits per heavy atom. The second-order valence-electron chi connectivity index (χ2n) is 7.51. The Kier molecular flexibility index (Phi) is 5.55. The molecule has 1 aliphatic carbocycles. The predicted molar refractivity (Wildman–Crippen MR) is 101 cm³/mol. The molecule has 2 atom stereocenters. The minimum atomic E-state index is -3.80. The van der Waals surface area contributed by atoms with E-state index in [-0.39, 0.29) is 42.3 Å². The van der Waals surface area contributed by atoms with Crippen molar-refractivity contribution < 1.29 is 18.0 Å². The van der Waals surface area contributed by atoms with Gasteiger partial charge in [-0.05, 0) is 38.0 Å². The first-order valence-corrected chi connectivity index (χ1v) is 10.6. The van der Waals surface area contributed by atoms with Crippen LogP contribution in [0.15, 0.2) is 29.2 Å². The number of sulfonamides is 1. The van der Waals surface area contributed by atoms with Crippen molar-refractivity contribution in [2.75, 3.05) is 25.0 Å². The number of amides is 2. The number of rotatable bonds is 4. The van der Waals surface area contributed by atoms with Crippen LogP contribution in [0.5, 0.6) is 0 Å². The maximum absolute atomic E-state index is 12.8. The van der Waals surface area contributed by atoms with E-state index in [1.165, 1.54) is 12.1 Å². The van der Waals surface area contributed by atoms with Crippen molar-refractivity contribution in [3.8, 4) is 0 Å². The number of nitrogens with one attached hydrogen (secondary N) is 2. The first kappa shape index (κ1) is 19.8. The fourth-order valence-corrected chi connectivity index (χ4v) is 5.17. The molecule has 0 spiro atoms. The van der Waals surface area contributed by atoms with E-state index in [0.29, 0.717) is 5.69 Å². The molecule has 1 saturated heterocycles. The summed E-state index contributed by atoms with van der Waals surface area (Å²) in [5, 5.41) is 5.41. The highest BCUT2D eigenvalue weighted by Gasteiger charge is 2.38. The molecular formula is C18H26N4O4S. The molecular weight excluding hydrogens is 368 g/mol. The van der Waals surface area contributed by atoms with Crippen LogP contribution in [0.3, 0.4) is 0 Å². The van der Waals surface area contributed by atoms with Crippen LogP contribution in [0.2, 0.25) is 0 Å². The number of nitrogens with zero attached hydrogens (tertiary/aromatic N) is 1. The van der Waals surface area contributed by atoms with E-state index >= 15 is 0 Å². The smallest absolute Gasteiger partial charge is 0.243 e. The van der Waals surface area contributed by atoms with E-state index in [0.717, 1.165) is 30.0 Å². The summed E-state index contributed by atoms with van der Waals surface area (Å²) >= 11 is 0. The summed E-state index contributed by atoms with van der Waals surface area (Å²) in [5.41, 5.74) is 6.13. The first-order valence-electron chi connectivity index (χ1n) is 9.17. The second kappa shape index (κ2) is 7.57. The fourth-order valence-electron chi connectivity index (χ4n) is 3.72. The lowest BCUT2D eigenvalue weighted by atomic mass is 9.74. The molecule has 1 aromatic carbocycles. The molecule has 0 radical (unpaired) electrons. The van der Waals surface area contributed by atoms with Gasteiger partial charge in [0.05, 0.1) is 17.4 Å². The van der Waals surface area contributed by atoms with Gasteiger partial charge in [0.1, 0.15) is 0 Å². The van der Waals surface area contributed by atoms with Crippen molar-refractivity contribution in [3.05, 3.63) is 24.3 Å². The van der Waals surface area contributed by atoms with Crippen molar-refractivity contribution in [1.29, 1.82) is 0 Å². The van der Waals surface area contributed by atoms with E-state index in [9.17, 15) is 18.0 Å². The summed E-state index contributed by atoms with van der Waals surface area (Å²) in [7, 11) is -3.80. The summed E-state index contributed by atoms with van der Waals surface area (Å²) in [4.78, 5) is 24.2. The highest BCUT2D eigenvalue weighted by molar-refractivity contribution is 7.89. The van der Waals surface area contributed by atoms with Crippen LogP contribution in [0.4, 0.5) is 5.69 Å². The van der Waals surface area contributed by atoms with Gasteiger partial charge in [0, 0.05) is 24.3 Å². The van der Waals surface area contributed by atoms with Gasteiger partial charge in [-0.1, -0.05) is 18.9 Å². The van der Waals surface area contributed by atoms with Crippen molar-refractivity contribution in [2.24, 2.45) is 11.7 Å². The van der Waals surface area contributed by atoms with E-state index in [1.54, 1.807) is 12.1 Å². The molecule has 0 aromatic heterocycles. The number of hydrogen-bond acceptors (Lipinski definition) is 5. The third kappa shape index (κ3) is 4.31. The second-order valence-corrected chi connectivity index (χ2v) is 9.45. The maximum atomic E-state index is 12.8. The topological polar surface area (TPSA) is 122 Å². The Morgan fingerprint density at radius 2 is 2.15 bits per heavy atom. The normalized spacial score (nSPS) is 27.0. The molecule has 2 unspecified atom stereocenters. The Morgan fingerprint density at radius 3 is 2.85 bits per heavy atom. The molecule has 1 aromatic rings. The van der Waals surface area contributed by atoms with Gasteiger partial charge in [-0.2, -0.15) is 4.31 Å². The highest BCUT2D eigenvalue weighted by atomic mass is 32.2. The van der Waals surface area contributed by atoms with Crippen molar-refractivity contribution in [2.45, 2.75) is 43.0 Å². The SMILES string of the molecule is CC1(N)CCCCC1C(=O)Nc1cccc(S(=O)(=O)N2CCNC(=O)C2)c1. The maximum Gasteiger partial charge on any atom is 0.243 e. The minimum absolute atomic E-state index is 0.0501. The molecule has 1 saturated carbocycles. The van der Waals surface area contributed by atoms with Crippen molar-refractivity contribution in [3.63, 3.8) is 0 Å². The third-order valence-electron chi connectivity index (χ3n) is 5.31. The average molecular weight is 394 g/mol. The van der Waals surface area contributed by atoms with Crippen molar-refractivity contribution in [1.82, 2.24) is 9.62 Å². The number of hydrogen-bond donors (Lipinski definition) is 3. The van der Waals surface area contributed by atoms with E-state index in [2.05, 4.69) is 10.6 Å². The summed E-state index contributed by atoms with van der Waals surface area (Å²) in [6.45, 7) is 2.19. The van der Waals surface area contributed by atoms with Crippen molar-refractivity contribution >= 4 is 27.5 Å². The molecule has 2 amide bonds. The van der Waals surface area contributed by atoms with Crippen LogP contribution in [0, 0.1) is 5.92 Å². The Hall–Kier alpha value is -1.97. The number of carbonyl (C=O) groups excluding carboxylic acids is 2. The van der Waals surface area contributed by atoms with Crippen LogP contribution < -0.4 is 16.4 Å². The van der Waals surface area contributed by atoms with Crippen LogP contribution in [0.25, 0.3) is 0 Å². The Bertz CT molecular complexity index is 838. The standard InChI is InChI=1S/C18H26N4O4S/c1-18(19)8-3-2-7-15(18)17(24)21-13-5-4-6-14(11-13)27(25,26)22-10-9-20-16(23)12-22/h4-6,11,15H,2-3,7-10,12,19H2,1H3,(H,20,23)(H,21,24). The summed E-state index contributed by atoms with van der Waals surface area (Å²) in [5.74, 6) is -0.822. The lowest BCUT2D eigenvalue weighted by Crippen LogP contribution is -2.51. The van der Waals surface area contributed by atoms with E-state index < -0.39 is 15.6 Å². The third-order valence-corrected chi connectivity index (χ3v) is 7.15. The molecule has 1 heterocycles. The molecule has 27 heavy (non-hydrogen) atoms. The number of nitrogens with two attached hydrogens (primary N) is 1. The van der Waals surface area contributed by atoms with Gasteiger partial charge in [-0.15, -0.1) is 0 Å². The average Bonchev–Trinajstić information content (AvgIpc) is 2.61. The zero-order valence-electron chi connectivity index (χ0n) is 15.4. The van der Waals surface area contributed by atoms with Crippen LogP contribution >= 0.6 is 0 Å². The number of piperazine rings is 1. The zero-order valence-corrected chi connectivity index (χ0v) is 16.2. The quantitative estimate of drug-likeness (QED) is 0.692. The highest BCUT2D eigenvalue weighted by Crippen LogP contribution is 2.32. The van der Waals surface area contributed by atoms with Gasteiger partial charge in [0.25, 0.3) is 0 Å². The van der Waals surface area contributed by atoms with Crippen LogP contribution in [0.1, 0.15) is 32.6 Å². The van der Waals surface area contributed by atoms with Gasteiger partial charge in [0.2, 0.25) is 21.8 Å². The van der Waals surface area contributed by atoms with Gasteiger partial charge < -0.3 is 16.4 Å². The van der Waals surface area contributed by atoms with Gasteiger partial charge in [0.15, 0.2) is 0 Å². The summed E-state index contributed by atoms with van der Waals surface area (Å²) in [6.07, 6.45) is 3.47. The molecule has 4 N–H and O–H groups in total. The van der Waals surface area contributed by atoms with Crippen LogP contribution in [-0.2, 0) is 19.6 Å². The molecule has 1 aliphatic heterocycles. The summed E-state index contributed by atoms with van der Waals surface area (Å²) in [6, 6.07) is 6.12. The number of benzene rings is 1.